The largest absolute Gasteiger partial charge is 0.494 e. The van der Waals surface area contributed by atoms with Crippen LogP contribution in [0.1, 0.15) is 44.1 Å². The highest BCUT2D eigenvalue weighted by atomic mass is 16.5. The number of amides is 1. The molecule has 0 saturated carbocycles. The van der Waals surface area contributed by atoms with E-state index in [0.717, 1.165) is 41.1 Å². The van der Waals surface area contributed by atoms with E-state index in [9.17, 15) is 4.79 Å². The Morgan fingerprint density at radius 2 is 1.69 bits per heavy atom. The first-order chi connectivity index (χ1) is 18.8. The van der Waals surface area contributed by atoms with E-state index in [1.165, 1.54) is 5.56 Å². The lowest BCUT2D eigenvalue weighted by Gasteiger charge is -2.19. The lowest BCUT2D eigenvalue weighted by Crippen LogP contribution is -2.28. The predicted octanol–water partition coefficient (Wildman–Crippen LogP) is 5.72. The summed E-state index contributed by atoms with van der Waals surface area (Å²) in [4.78, 5) is 17.5. The molecule has 39 heavy (non-hydrogen) atoms. The summed E-state index contributed by atoms with van der Waals surface area (Å²) in [5.74, 6) is 3.05. The summed E-state index contributed by atoms with van der Waals surface area (Å²) in [6.07, 6.45) is 1.76. The number of aromatic nitrogens is 2. The Hall–Kier alpha value is -4.00. The van der Waals surface area contributed by atoms with Gasteiger partial charge in [0.1, 0.15) is 11.6 Å². The molecule has 0 saturated heterocycles. The molecule has 206 valence electrons. The summed E-state index contributed by atoms with van der Waals surface area (Å²) in [5, 5.41) is 3.03. The predicted molar refractivity (Wildman–Crippen MR) is 155 cm³/mol. The molecule has 0 aliphatic carbocycles. The van der Waals surface area contributed by atoms with Crippen LogP contribution < -0.4 is 19.5 Å². The number of hydrogen-bond donors (Lipinski definition) is 1. The fraction of sp³-hybridized carbons (Fsp3) is 0.375. The molecular weight excluding hydrogens is 490 g/mol. The highest BCUT2D eigenvalue weighted by Gasteiger charge is 2.14. The van der Waals surface area contributed by atoms with E-state index in [1.54, 1.807) is 14.2 Å². The third kappa shape index (κ3) is 7.31. The van der Waals surface area contributed by atoms with Crippen molar-refractivity contribution in [2.45, 2.75) is 52.0 Å². The number of para-hydroxylation sites is 2. The number of benzene rings is 3. The Bertz CT molecular complexity index is 1390. The van der Waals surface area contributed by atoms with Crippen molar-refractivity contribution in [2.75, 3.05) is 27.4 Å². The maximum Gasteiger partial charge on any atom is 0.224 e. The number of fused-ring (bicyclic) bond motifs is 1. The van der Waals surface area contributed by atoms with Crippen molar-refractivity contribution < 1.29 is 19.0 Å². The summed E-state index contributed by atoms with van der Waals surface area (Å²) >= 11 is 0. The topological polar surface area (TPSA) is 74.6 Å². The van der Waals surface area contributed by atoms with Gasteiger partial charge in [0.15, 0.2) is 11.5 Å². The Morgan fingerprint density at radius 1 is 0.949 bits per heavy atom. The highest BCUT2D eigenvalue weighted by Crippen LogP contribution is 2.28. The van der Waals surface area contributed by atoms with Gasteiger partial charge in [0.25, 0.3) is 0 Å². The molecule has 7 heteroatoms. The summed E-state index contributed by atoms with van der Waals surface area (Å²) in [5.41, 5.74) is 4.34. The molecule has 0 aliphatic heterocycles. The van der Waals surface area contributed by atoms with Crippen LogP contribution in [-0.2, 0) is 29.6 Å². The molecule has 4 aromatic rings. The fourth-order valence-corrected chi connectivity index (χ4v) is 4.58. The van der Waals surface area contributed by atoms with Crippen molar-refractivity contribution >= 4 is 16.9 Å². The lowest BCUT2D eigenvalue weighted by molar-refractivity contribution is -0.120. The van der Waals surface area contributed by atoms with E-state index >= 15 is 0 Å². The molecule has 0 radical (unpaired) electrons. The smallest absolute Gasteiger partial charge is 0.224 e. The number of hydrogen-bond acceptors (Lipinski definition) is 5. The average molecular weight is 530 g/mol. The molecule has 0 atom stereocenters. The second kappa shape index (κ2) is 12.7. The average Bonchev–Trinajstić information content (AvgIpc) is 3.28. The van der Waals surface area contributed by atoms with Gasteiger partial charge in [-0.1, -0.05) is 51.1 Å². The molecule has 0 spiro atoms. The first-order valence-corrected chi connectivity index (χ1v) is 13.4. The van der Waals surface area contributed by atoms with Gasteiger partial charge >= 0.3 is 0 Å². The van der Waals surface area contributed by atoms with Crippen molar-refractivity contribution in [3.8, 4) is 17.2 Å². The minimum absolute atomic E-state index is 0.0456. The first kappa shape index (κ1) is 28.0. The van der Waals surface area contributed by atoms with Gasteiger partial charge in [-0.2, -0.15) is 0 Å². The third-order valence-corrected chi connectivity index (χ3v) is 6.73. The number of aryl methyl sites for hydroxylation is 1. The van der Waals surface area contributed by atoms with Crippen LogP contribution in [0.25, 0.3) is 11.0 Å². The molecule has 0 fully saturated rings. The number of carbonyl (C=O) groups is 1. The Balaban J connectivity index is 1.32. The van der Waals surface area contributed by atoms with Gasteiger partial charge in [-0.05, 0) is 59.4 Å². The van der Waals surface area contributed by atoms with Crippen LogP contribution in [0, 0.1) is 0 Å². The second-order valence-electron chi connectivity index (χ2n) is 10.6. The van der Waals surface area contributed by atoms with Crippen LogP contribution in [-0.4, -0.2) is 42.8 Å². The minimum atomic E-state index is -0.0456. The monoisotopic (exact) mass is 529 g/mol. The Morgan fingerprint density at radius 3 is 2.41 bits per heavy atom. The van der Waals surface area contributed by atoms with E-state index in [1.807, 2.05) is 48.5 Å². The molecule has 0 unspecified atom stereocenters. The molecule has 4 rings (SSSR count). The van der Waals surface area contributed by atoms with Gasteiger partial charge in [-0.15, -0.1) is 0 Å². The third-order valence-electron chi connectivity index (χ3n) is 6.73. The van der Waals surface area contributed by atoms with Crippen molar-refractivity contribution in [3.05, 3.63) is 83.7 Å². The fourth-order valence-electron chi connectivity index (χ4n) is 4.58. The number of methoxy groups -OCH3 is 2. The van der Waals surface area contributed by atoms with Gasteiger partial charge in [-0.25, -0.2) is 4.98 Å². The van der Waals surface area contributed by atoms with Crippen molar-refractivity contribution in [3.63, 3.8) is 0 Å². The molecule has 1 amide bonds. The molecule has 1 heterocycles. The molecular formula is C32H39N3O4. The van der Waals surface area contributed by atoms with Crippen molar-refractivity contribution in [1.82, 2.24) is 14.9 Å². The number of rotatable bonds is 12. The number of nitrogens with zero attached hydrogens (tertiary/aromatic N) is 2. The quantitative estimate of drug-likeness (QED) is 0.238. The van der Waals surface area contributed by atoms with Gasteiger partial charge in [0.05, 0.1) is 38.3 Å². The van der Waals surface area contributed by atoms with E-state index in [-0.39, 0.29) is 17.7 Å². The standard InChI is InChI=1S/C32H39N3O4/c1-32(2,3)24-12-14-25(15-13-24)39-20-8-19-35-27-10-7-6-9-26(27)34-30(35)17-18-33-31(36)22-23-11-16-28(37-4)29(21-23)38-5/h6-7,9-16,21H,8,17-20,22H2,1-5H3,(H,33,36). The number of ether oxygens (including phenoxy) is 3. The Kier molecular flexibility index (Phi) is 9.12. The van der Waals surface area contributed by atoms with E-state index in [0.29, 0.717) is 31.1 Å². The highest BCUT2D eigenvalue weighted by molar-refractivity contribution is 5.79. The van der Waals surface area contributed by atoms with Crippen LogP contribution in [0.3, 0.4) is 0 Å². The van der Waals surface area contributed by atoms with Gasteiger partial charge < -0.3 is 24.1 Å². The van der Waals surface area contributed by atoms with Crippen LogP contribution in [0.15, 0.2) is 66.7 Å². The van der Waals surface area contributed by atoms with E-state index < -0.39 is 0 Å². The normalized spacial score (nSPS) is 11.4. The van der Waals surface area contributed by atoms with Crippen LogP contribution in [0.5, 0.6) is 17.2 Å². The number of carbonyl (C=O) groups excluding carboxylic acids is 1. The molecule has 1 N–H and O–H groups in total. The molecule has 0 aliphatic rings. The molecule has 0 bridgehead atoms. The Labute approximate surface area is 231 Å². The molecule has 7 nitrogen and oxygen atoms in total. The van der Waals surface area contributed by atoms with Gasteiger partial charge in [0, 0.05) is 19.5 Å². The SMILES string of the molecule is COc1ccc(CC(=O)NCCc2nc3ccccc3n2CCCOc2ccc(C(C)(C)C)cc2)cc1OC. The lowest BCUT2D eigenvalue weighted by atomic mass is 9.87. The zero-order valence-electron chi connectivity index (χ0n) is 23.6. The minimum Gasteiger partial charge on any atom is -0.494 e. The van der Waals surface area contributed by atoms with Crippen LogP contribution in [0.2, 0.25) is 0 Å². The summed E-state index contributed by atoms with van der Waals surface area (Å²) in [6, 6.07) is 22.0. The van der Waals surface area contributed by atoms with Crippen LogP contribution >= 0.6 is 0 Å². The van der Waals surface area contributed by atoms with Crippen molar-refractivity contribution in [1.29, 1.82) is 0 Å². The van der Waals surface area contributed by atoms with Crippen molar-refractivity contribution in [2.24, 2.45) is 0 Å². The summed E-state index contributed by atoms with van der Waals surface area (Å²) in [7, 11) is 3.18. The number of imidazole rings is 1. The zero-order chi connectivity index (χ0) is 27.8. The summed E-state index contributed by atoms with van der Waals surface area (Å²) < 4.78 is 18.9. The second-order valence-corrected chi connectivity index (χ2v) is 10.6. The van der Waals surface area contributed by atoms with Gasteiger partial charge in [-0.3, -0.25) is 4.79 Å². The number of nitrogens with one attached hydrogen (secondary N) is 1. The molecule has 1 aromatic heterocycles. The zero-order valence-corrected chi connectivity index (χ0v) is 23.6. The maximum atomic E-state index is 12.6. The maximum absolute atomic E-state index is 12.6. The van der Waals surface area contributed by atoms with Gasteiger partial charge in [0.2, 0.25) is 5.91 Å². The van der Waals surface area contributed by atoms with Crippen LogP contribution in [0.4, 0.5) is 0 Å². The van der Waals surface area contributed by atoms with E-state index in [2.05, 4.69) is 48.9 Å². The first-order valence-electron chi connectivity index (χ1n) is 13.4. The van der Waals surface area contributed by atoms with E-state index in [4.69, 9.17) is 19.2 Å². The summed E-state index contributed by atoms with van der Waals surface area (Å²) in [6.45, 7) is 8.53. The molecule has 3 aromatic carbocycles.